The molecule has 0 unspecified atom stereocenters. The Kier molecular flexibility index (Phi) is 3.58. The van der Waals surface area contributed by atoms with Crippen LogP contribution in [0.4, 0.5) is 0 Å². The summed E-state index contributed by atoms with van der Waals surface area (Å²) in [7, 11) is 0. The number of hydrogen-bond donors (Lipinski definition) is 1. The van der Waals surface area contributed by atoms with Gasteiger partial charge in [-0.05, 0) is 30.3 Å². The monoisotopic (exact) mass is 343 g/mol. The van der Waals surface area contributed by atoms with Crippen molar-refractivity contribution in [2.45, 2.75) is 0 Å². The summed E-state index contributed by atoms with van der Waals surface area (Å²) in [5.74, 6) is -0.438. The molecule has 0 spiro atoms. The lowest BCUT2D eigenvalue weighted by Gasteiger charge is -2.09. The molecule has 1 aromatic heterocycles. The number of aromatic nitrogens is 1. The first-order chi connectivity index (χ1) is 10.1. The van der Waals surface area contributed by atoms with Crippen LogP contribution in [0.1, 0.15) is 10.4 Å². The first kappa shape index (κ1) is 13.6. The lowest BCUT2D eigenvalue weighted by molar-refractivity contribution is 0.0694. The van der Waals surface area contributed by atoms with Gasteiger partial charge in [-0.25, -0.2) is 9.78 Å². The van der Waals surface area contributed by atoms with Crippen molar-refractivity contribution >= 4 is 32.8 Å². The first-order valence-electron chi connectivity index (χ1n) is 6.20. The van der Waals surface area contributed by atoms with Crippen LogP contribution in [0.15, 0.2) is 59.1 Å². The van der Waals surface area contributed by atoms with E-state index in [-0.39, 0.29) is 11.3 Å². The number of fused-ring (bicyclic) bond motifs is 1. The maximum atomic E-state index is 11.2. The van der Waals surface area contributed by atoms with Crippen LogP contribution in [0, 0.1) is 0 Å². The zero-order valence-electron chi connectivity index (χ0n) is 10.8. The van der Waals surface area contributed by atoms with E-state index in [0.29, 0.717) is 5.88 Å². The van der Waals surface area contributed by atoms with Gasteiger partial charge in [0.15, 0.2) is 0 Å². The molecule has 0 amide bonds. The van der Waals surface area contributed by atoms with E-state index in [1.165, 1.54) is 6.07 Å². The van der Waals surface area contributed by atoms with Crippen molar-refractivity contribution in [1.82, 2.24) is 4.98 Å². The second-order valence-corrected chi connectivity index (χ2v) is 5.31. The zero-order chi connectivity index (χ0) is 14.8. The molecule has 21 heavy (non-hydrogen) atoms. The van der Waals surface area contributed by atoms with E-state index in [0.717, 1.165) is 15.4 Å². The summed E-state index contributed by atoms with van der Waals surface area (Å²) in [6.07, 6.45) is 0. The number of hydrogen-bond acceptors (Lipinski definition) is 3. The van der Waals surface area contributed by atoms with E-state index in [4.69, 9.17) is 4.74 Å². The van der Waals surface area contributed by atoms with Gasteiger partial charge in [0.25, 0.3) is 0 Å². The van der Waals surface area contributed by atoms with E-state index in [2.05, 4.69) is 20.9 Å². The number of carbonyl (C=O) groups is 1. The predicted octanol–water partition coefficient (Wildman–Crippen LogP) is 4.49. The predicted molar refractivity (Wildman–Crippen MR) is 82.9 cm³/mol. The third-order valence-electron chi connectivity index (χ3n) is 2.96. The highest BCUT2D eigenvalue weighted by molar-refractivity contribution is 9.10. The van der Waals surface area contributed by atoms with E-state index >= 15 is 0 Å². The summed E-state index contributed by atoms with van der Waals surface area (Å²) >= 11 is 3.31. The number of halogens is 1. The highest BCUT2D eigenvalue weighted by Gasteiger charge is 2.13. The van der Waals surface area contributed by atoms with Gasteiger partial charge in [-0.1, -0.05) is 34.1 Å². The number of rotatable bonds is 3. The molecule has 0 bridgehead atoms. The SMILES string of the molecule is O=C(O)c1ccc(Br)cc1Oc1ccc2ccccc2n1. The Balaban J connectivity index is 2.02. The smallest absolute Gasteiger partial charge is 0.339 e. The maximum absolute atomic E-state index is 11.2. The first-order valence-corrected chi connectivity index (χ1v) is 6.99. The van der Waals surface area contributed by atoms with Crippen LogP contribution < -0.4 is 4.74 Å². The molecule has 0 aliphatic carbocycles. The van der Waals surface area contributed by atoms with Crippen LogP contribution in [0.3, 0.4) is 0 Å². The van der Waals surface area contributed by atoms with Crippen molar-refractivity contribution < 1.29 is 14.6 Å². The Morgan fingerprint density at radius 2 is 1.90 bits per heavy atom. The maximum Gasteiger partial charge on any atom is 0.339 e. The van der Waals surface area contributed by atoms with Crippen molar-refractivity contribution in [1.29, 1.82) is 0 Å². The molecule has 0 atom stereocenters. The number of benzene rings is 2. The summed E-state index contributed by atoms with van der Waals surface area (Å²) in [6.45, 7) is 0. The molecule has 1 heterocycles. The van der Waals surface area contributed by atoms with Gasteiger partial charge in [-0.3, -0.25) is 0 Å². The molecule has 3 aromatic rings. The molecule has 104 valence electrons. The Morgan fingerprint density at radius 1 is 1.10 bits per heavy atom. The molecule has 3 rings (SSSR count). The van der Waals surface area contributed by atoms with Gasteiger partial charge in [-0.2, -0.15) is 0 Å². The van der Waals surface area contributed by atoms with E-state index < -0.39 is 5.97 Å². The molecule has 4 nitrogen and oxygen atoms in total. The van der Waals surface area contributed by atoms with Crippen molar-refractivity contribution in [3.05, 3.63) is 64.6 Å². The van der Waals surface area contributed by atoms with Gasteiger partial charge in [0.05, 0.1) is 5.52 Å². The van der Waals surface area contributed by atoms with E-state index in [9.17, 15) is 9.90 Å². The number of carboxylic acid groups (broad SMARTS) is 1. The summed E-state index contributed by atoms with van der Waals surface area (Å²) in [5.41, 5.74) is 0.884. The van der Waals surface area contributed by atoms with Crippen molar-refractivity contribution in [2.24, 2.45) is 0 Å². The number of nitrogens with zero attached hydrogens (tertiary/aromatic N) is 1. The minimum atomic E-state index is -1.04. The summed E-state index contributed by atoms with van der Waals surface area (Å²) in [4.78, 5) is 15.6. The molecule has 0 radical (unpaired) electrons. The fourth-order valence-corrected chi connectivity index (χ4v) is 2.31. The molecule has 0 aliphatic rings. The standard InChI is InChI=1S/C16H10BrNO3/c17-11-6-7-12(16(19)20)14(9-11)21-15-8-5-10-3-1-2-4-13(10)18-15/h1-9H,(H,19,20). The molecular weight excluding hydrogens is 334 g/mol. The number of para-hydroxylation sites is 1. The topological polar surface area (TPSA) is 59.4 Å². The van der Waals surface area contributed by atoms with Crippen LogP contribution in [-0.4, -0.2) is 16.1 Å². The molecule has 0 saturated heterocycles. The quantitative estimate of drug-likeness (QED) is 0.761. The molecule has 0 fully saturated rings. The normalized spacial score (nSPS) is 10.5. The Labute approximate surface area is 129 Å². The van der Waals surface area contributed by atoms with Gasteiger partial charge in [0.2, 0.25) is 5.88 Å². The van der Waals surface area contributed by atoms with Crippen LogP contribution in [0.5, 0.6) is 11.6 Å². The minimum absolute atomic E-state index is 0.0909. The Morgan fingerprint density at radius 3 is 2.71 bits per heavy atom. The van der Waals surface area contributed by atoms with Crippen LogP contribution in [-0.2, 0) is 0 Å². The van der Waals surface area contributed by atoms with Crippen LogP contribution >= 0.6 is 15.9 Å². The highest BCUT2D eigenvalue weighted by Crippen LogP contribution is 2.28. The Hall–Kier alpha value is -2.40. The molecule has 2 aromatic carbocycles. The third kappa shape index (κ3) is 2.87. The van der Waals surface area contributed by atoms with Crippen molar-refractivity contribution in [3.63, 3.8) is 0 Å². The van der Waals surface area contributed by atoms with Gasteiger partial charge >= 0.3 is 5.97 Å². The zero-order valence-corrected chi connectivity index (χ0v) is 12.4. The van der Waals surface area contributed by atoms with Gasteiger partial charge in [0, 0.05) is 15.9 Å². The fraction of sp³-hybridized carbons (Fsp3) is 0. The molecule has 5 heteroatoms. The average molecular weight is 344 g/mol. The molecular formula is C16H10BrNO3. The second kappa shape index (κ2) is 5.54. The number of carboxylic acids is 1. The number of aromatic carboxylic acids is 1. The Bertz CT molecular complexity index is 833. The van der Waals surface area contributed by atoms with Crippen LogP contribution in [0.25, 0.3) is 10.9 Å². The fourth-order valence-electron chi connectivity index (χ4n) is 1.97. The third-order valence-corrected chi connectivity index (χ3v) is 3.45. The van der Waals surface area contributed by atoms with Crippen molar-refractivity contribution in [2.75, 3.05) is 0 Å². The van der Waals surface area contributed by atoms with Crippen molar-refractivity contribution in [3.8, 4) is 11.6 Å². The highest BCUT2D eigenvalue weighted by atomic mass is 79.9. The van der Waals surface area contributed by atoms with Gasteiger partial charge in [0.1, 0.15) is 11.3 Å². The van der Waals surface area contributed by atoms with E-state index in [1.54, 1.807) is 18.2 Å². The minimum Gasteiger partial charge on any atom is -0.478 e. The average Bonchev–Trinajstić information content (AvgIpc) is 2.47. The van der Waals surface area contributed by atoms with Gasteiger partial charge < -0.3 is 9.84 Å². The lowest BCUT2D eigenvalue weighted by atomic mass is 10.2. The summed E-state index contributed by atoms with van der Waals surface area (Å²) in [5, 5.41) is 10.2. The lowest BCUT2D eigenvalue weighted by Crippen LogP contribution is -2.00. The van der Waals surface area contributed by atoms with Crippen LogP contribution in [0.2, 0.25) is 0 Å². The number of pyridine rings is 1. The van der Waals surface area contributed by atoms with E-state index in [1.807, 2.05) is 30.3 Å². The molecule has 1 N–H and O–H groups in total. The summed E-state index contributed by atoms with van der Waals surface area (Å²) < 4.78 is 6.38. The molecule has 0 aliphatic heterocycles. The largest absolute Gasteiger partial charge is 0.478 e. The second-order valence-electron chi connectivity index (χ2n) is 4.39. The van der Waals surface area contributed by atoms with Gasteiger partial charge in [-0.15, -0.1) is 0 Å². The summed E-state index contributed by atoms with van der Waals surface area (Å²) in [6, 6.07) is 16.0. The number of ether oxygens (including phenoxy) is 1. The molecule has 0 saturated carbocycles.